The smallest absolute Gasteiger partial charge is 0.126 e. The van der Waals surface area contributed by atoms with Crippen LogP contribution >= 0.6 is 0 Å². The van der Waals surface area contributed by atoms with Crippen LogP contribution in [-0.2, 0) is 6.42 Å². The van der Waals surface area contributed by atoms with Gasteiger partial charge in [0.1, 0.15) is 11.6 Å². The van der Waals surface area contributed by atoms with E-state index in [1.165, 1.54) is 34.0 Å². The third kappa shape index (κ3) is 2.95. The van der Waals surface area contributed by atoms with Crippen LogP contribution in [0, 0.1) is 17.6 Å². The molecule has 128 valence electrons. The first-order valence-electron chi connectivity index (χ1n) is 9.14. The molecule has 3 aromatic rings. The van der Waals surface area contributed by atoms with Crippen LogP contribution < -0.4 is 0 Å². The van der Waals surface area contributed by atoms with Crippen LogP contribution in [0.5, 0.6) is 0 Å². The van der Waals surface area contributed by atoms with Crippen molar-refractivity contribution in [3.05, 3.63) is 82.9 Å². The van der Waals surface area contributed by atoms with Gasteiger partial charge in [-0.1, -0.05) is 49.7 Å². The molecule has 1 aliphatic rings. The van der Waals surface area contributed by atoms with Crippen molar-refractivity contribution in [1.82, 2.24) is 0 Å². The lowest BCUT2D eigenvalue weighted by atomic mass is 9.69. The van der Waals surface area contributed by atoms with Crippen molar-refractivity contribution in [2.75, 3.05) is 0 Å². The zero-order valence-electron chi connectivity index (χ0n) is 14.4. The van der Waals surface area contributed by atoms with E-state index in [1.807, 2.05) is 0 Å². The van der Waals surface area contributed by atoms with E-state index in [4.69, 9.17) is 0 Å². The Labute approximate surface area is 147 Å². The molecule has 2 atom stereocenters. The van der Waals surface area contributed by atoms with Gasteiger partial charge in [0.15, 0.2) is 0 Å². The molecule has 0 fully saturated rings. The average Bonchev–Trinajstić information content (AvgIpc) is 2.60. The first kappa shape index (κ1) is 16.3. The number of hydrogen-bond donors (Lipinski definition) is 0. The maximum atomic E-state index is 13.9. The van der Waals surface area contributed by atoms with Gasteiger partial charge >= 0.3 is 0 Å². The molecule has 0 radical (unpaired) electrons. The number of fused-ring (bicyclic) bond motifs is 3. The summed E-state index contributed by atoms with van der Waals surface area (Å²) in [5.74, 6) is -0.477. The second kappa shape index (κ2) is 6.59. The third-order valence-corrected chi connectivity index (χ3v) is 5.55. The van der Waals surface area contributed by atoms with Gasteiger partial charge in [-0.3, -0.25) is 0 Å². The SMILES string of the molecule is CCCC1CCc2c(ccc3ccccc23)C1c1cc(F)cc(F)c1. The Morgan fingerprint density at radius 3 is 2.48 bits per heavy atom. The summed E-state index contributed by atoms with van der Waals surface area (Å²) >= 11 is 0. The highest BCUT2D eigenvalue weighted by Gasteiger charge is 2.31. The van der Waals surface area contributed by atoms with Gasteiger partial charge in [-0.05, 0) is 64.8 Å². The van der Waals surface area contributed by atoms with E-state index in [0.717, 1.165) is 37.3 Å². The first-order valence-corrected chi connectivity index (χ1v) is 9.14. The number of benzene rings is 3. The largest absolute Gasteiger partial charge is 0.207 e. The van der Waals surface area contributed by atoms with E-state index in [2.05, 4.69) is 43.3 Å². The molecule has 0 bridgehead atoms. The maximum absolute atomic E-state index is 13.9. The summed E-state index contributed by atoms with van der Waals surface area (Å²) < 4.78 is 27.8. The maximum Gasteiger partial charge on any atom is 0.126 e. The summed E-state index contributed by atoms with van der Waals surface area (Å²) in [4.78, 5) is 0. The summed E-state index contributed by atoms with van der Waals surface area (Å²) in [5.41, 5.74) is 3.36. The number of halogens is 2. The summed E-state index contributed by atoms with van der Waals surface area (Å²) in [6.07, 6.45) is 4.27. The van der Waals surface area contributed by atoms with E-state index in [-0.39, 0.29) is 5.92 Å². The fourth-order valence-electron chi connectivity index (χ4n) is 4.56. The molecule has 0 aromatic heterocycles. The van der Waals surface area contributed by atoms with E-state index in [9.17, 15) is 8.78 Å². The molecule has 2 unspecified atom stereocenters. The molecule has 3 aromatic carbocycles. The van der Waals surface area contributed by atoms with Crippen LogP contribution in [0.4, 0.5) is 8.78 Å². The van der Waals surface area contributed by atoms with E-state index in [0.29, 0.717) is 5.92 Å². The van der Waals surface area contributed by atoms with Gasteiger partial charge in [-0.2, -0.15) is 0 Å². The molecule has 2 heteroatoms. The van der Waals surface area contributed by atoms with Crippen molar-refractivity contribution < 1.29 is 8.78 Å². The summed E-state index contributed by atoms with van der Waals surface area (Å²) in [6, 6.07) is 16.7. The highest BCUT2D eigenvalue weighted by atomic mass is 19.1. The summed E-state index contributed by atoms with van der Waals surface area (Å²) in [7, 11) is 0. The topological polar surface area (TPSA) is 0 Å². The Hall–Kier alpha value is -2.22. The van der Waals surface area contributed by atoms with Crippen LogP contribution in [0.15, 0.2) is 54.6 Å². The van der Waals surface area contributed by atoms with Gasteiger partial charge in [0.25, 0.3) is 0 Å². The number of aryl methyl sites for hydroxylation is 1. The van der Waals surface area contributed by atoms with Gasteiger partial charge in [0.2, 0.25) is 0 Å². The zero-order valence-corrected chi connectivity index (χ0v) is 14.4. The van der Waals surface area contributed by atoms with E-state index >= 15 is 0 Å². The molecular formula is C23H22F2. The monoisotopic (exact) mass is 336 g/mol. The Bertz CT molecular complexity index is 893. The third-order valence-electron chi connectivity index (χ3n) is 5.55. The van der Waals surface area contributed by atoms with Gasteiger partial charge in [-0.25, -0.2) is 8.78 Å². The molecule has 0 spiro atoms. The van der Waals surface area contributed by atoms with Crippen molar-refractivity contribution in [3.8, 4) is 0 Å². The lowest BCUT2D eigenvalue weighted by molar-refractivity contribution is 0.378. The average molecular weight is 336 g/mol. The molecule has 0 nitrogen and oxygen atoms in total. The predicted molar refractivity (Wildman–Crippen MR) is 98.9 cm³/mol. The molecule has 0 aliphatic heterocycles. The van der Waals surface area contributed by atoms with Crippen LogP contribution in [0.3, 0.4) is 0 Å². The minimum Gasteiger partial charge on any atom is -0.207 e. The molecule has 1 aliphatic carbocycles. The van der Waals surface area contributed by atoms with Crippen LogP contribution in [0.1, 0.15) is 48.8 Å². The Morgan fingerprint density at radius 1 is 0.960 bits per heavy atom. The fourth-order valence-corrected chi connectivity index (χ4v) is 4.56. The fraction of sp³-hybridized carbons (Fsp3) is 0.304. The highest BCUT2D eigenvalue weighted by molar-refractivity contribution is 5.87. The molecular weight excluding hydrogens is 314 g/mol. The van der Waals surface area contributed by atoms with Crippen LogP contribution in [0.25, 0.3) is 10.8 Å². The van der Waals surface area contributed by atoms with Crippen LogP contribution in [-0.4, -0.2) is 0 Å². The standard InChI is InChI=1S/C23H22F2/c1-2-5-16-9-10-21-20-7-4-3-6-15(20)8-11-22(21)23(16)17-12-18(24)14-19(25)13-17/h3-4,6-8,11-14,16,23H,2,5,9-10H2,1H3. The molecule has 25 heavy (non-hydrogen) atoms. The van der Waals surface area contributed by atoms with E-state index in [1.54, 1.807) is 0 Å². The predicted octanol–water partition coefficient (Wildman–Crippen LogP) is 6.61. The Morgan fingerprint density at radius 2 is 1.72 bits per heavy atom. The molecule has 0 amide bonds. The first-order chi connectivity index (χ1) is 12.2. The number of hydrogen-bond acceptors (Lipinski definition) is 0. The van der Waals surface area contributed by atoms with Gasteiger partial charge in [0, 0.05) is 12.0 Å². The second-order valence-electron chi connectivity index (χ2n) is 7.12. The minimum atomic E-state index is -0.488. The molecule has 0 saturated heterocycles. The zero-order chi connectivity index (χ0) is 17.4. The molecule has 0 saturated carbocycles. The lowest BCUT2D eigenvalue weighted by Gasteiger charge is -2.35. The second-order valence-corrected chi connectivity index (χ2v) is 7.12. The van der Waals surface area contributed by atoms with Gasteiger partial charge in [0.05, 0.1) is 0 Å². The lowest BCUT2D eigenvalue weighted by Crippen LogP contribution is -2.22. The van der Waals surface area contributed by atoms with Crippen molar-refractivity contribution in [2.45, 2.75) is 38.5 Å². The molecule has 4 rings (SSSR count). The Kier molecular flexibility index (Phi) is 4.29. The van der Waals surface area contributed by atoms with Crippen molar-refractivity contribution in [2.24, 2.45) is 5.92 Å². The van der Waals surface area contributed by atoms with Gasteiger partial charge < -0.3 is 0 Å². The minimum absolute atomic E-state index is 0.0681. The summed E-state index contributed by atoms with van der Waals surface area (Å²) in [6.45, 7) is 2.18. The van der Waals surface area contributed by atoms with Crippen molar-refractivity contribution in [3.63, 3.8) is 0 Å². The normalized spacial score (nSPS) is 19.8. The molecule has 0 heterocycles. The van der Waals surface area contributed by atoms with Gasteiger partial charge in [-0.15, -0.1) is 0 Å². The van der Waals surface area contributed by atoms with Crippen molar-refractivity contribution >= 4 is 10.8 Å². The summed E-state index contributed by atoms with van der Waals surface area (Å²) in [5, 5.41) is 2.51. The molecule has 0 N–H and O–H groups in total. The van der Waals surface area contributed by atoms with Crippen molar-refractivity contribution in [1.29, 1.82) is 0 Å². The van der Waals surface area contributed by atoms with Crippen LogP contribution in [0.2, 0.25) is 0 Å². The number of rotatable bonds is 3. The Balaban J connectivity index is 1.92. The van der Waals surface area contributed by atoms with E-state index < -0.39 is 11.6 Å². The quantitative estimate of drug-likeness (QED) is 0.504. The highest BCUT2D eigenvalue weighted by Crippen LogP contribution is 2.45.